The standard InChI is InChI=1S/C12H19N3OP.HI/c1-16-8-12-17(9-2-5-13,10-3-6-14)11-4-7-15;/h2-4,8-12H2,1H3;1H/q+1;/p-1. The van der Waals surface area contributed by atoms with Crippen molar-refractivity contribution in [1.82, 2.24) is 0 Å². The van der Waals surface area contributed by atoms with Gasteiger partial charge in [0.2, 0.25) is 0 Å². The van der Waals surface area contributed by atoms with Gasteiger partial charge in [-0.15, -0.1) is 0 Å². The molecule has 0 aromatic carbocycles. The maximum Gasteiger partial charge on any atom is 0.0829 e. The average Bonchev–Trinajstić information content (AvgIpc) is 2.37. The summed E-state index contributed by atoms with van der Waals surface area (Å²) < 4.78 is 5.12. The smallest absolute Gasteiger partial charge is 0.0829 e. The van der Waals surface area contributed by atoms with E-state index >= 15 is 0 Å². The molecule has 0 aliphatic carbocycles. The number of nitriles is 3. The van der Waals surface area contributed by atoms with Crippen LogP contribution >= 0.6 is 7.26 Å². The zero-order chi connectivity index (χ0) is 13.0. The van der Waals surface area contributed by atoms with Crippen molar-refractivity contribution in [2.75, 3.05) is 38.4 Å². The van der Waals surface area contributed by atoms with Crippen LogP contribution in [-0.2, 0) is 4.74 Å². The quantitative estimate of drug-likeness (QED) is 0.396. The molecule has 0 aliphatic heterocycles. The molecule has 0 N–H and O–H groups in total. The monoisotopic (exact) mass is 379 g/mol. The predicted octanol–water partition coefficient (Wildman–Crippen LogP) is -0.605. The second-order valence-corrected chi connectivity index (χ2v) is 8.43. The molecule has 0 rings (SSSR count). The molecule has 100 valence electrons. The van der Waals surface area contributed by atoms with Gasteiger partial charge < -0.3 is 28.7 Å². The lowest BCUT2D eigenvalue weighted by Gasteiger charge is -2.25. The van der Waals surface area contributed by atoms with Crippen LogP contribution in [0.25, 0.3) is 0 Å². The highest BCUT2D eigenvalue weighted by Crippen LogP contribution is 2.59. The summed E-state index contributed by atoms with van der Waals surface area (Å²) >= 11 is 0. The molecule has 0 unspecified atom stereocenters. The van der Waals surface area contributed by atoms with Crippen molar-refractivity contribution < 1.29 is 28.7 Å². The number of nitrogens with zero attached hydrogens (tertiary/aromatic N) is 3. The molecule has 0 aromatic heterocycles. The topological polar surface area (TPSA) is 80.6 Å². The molecule has 0 radical (unpaired) electrons. The van der Waals surface area contributed by atoms with E-state index in [0.29, 0.717) is 25.9 Å². The molecule has 0 heterocycles. The highest BCUT2D eigenvalue weighted by molar-refractivity contribution is 7.75. The summed E-state index contributed by atoms with van der Waals surface area (Å²) in [5, 5.41) is 26.1. The summed E-state index contributed by atoms with van der Waals surface area (Å²) in [5.41, 5.74) is 0. The first-order valence-corrected chi connectivity index (χ1v) is 8.22. The minimum atomic E-state index is -1.35. The van der Waals surface area contributed by atoms with Crippen LogP contribution in [0.15, 0.2) is 0 Å². The van der Waals surface area contributed by atoms with Gasteiger partial charge in [0.25, 0.3) is 0 Å². The van der Waals surface area contributed by atoms with E-state index in [-0.39, 0.29) is 24.0 Å². The lowest BCUT2D eigenvalue weighted by Crippen LogP contribution is -3.00. The Morgan fingerprint density at radius 2 is 1.22 bits per heavy atom. The molecule has 4 nitrogen and oxygen atoms in total. The second kappa shape index (κ2) is 13.0. The maximum absolute atomic E-state index is 8.71. The third-order valence-corrected chi connectivity index (χ3v) is 7.51. The van der Waals surface area contributed by atoms with Gasteiger partial charge in [0.15, 0.2) is 0 Å². The van der Waals surface area contributed by atoms with Crippen LogP contribution in [0.4, 0.5) is 0 Å². The maximum atomic E-state index is 8.71. The average molecular weight is 379 g/mol. The van der Waals surface area contributed by atoms with E-state index in [9.17, 15) is 0 Å². The van der Waals surface area contributed by atoms with E-state index in [2.05, 4.69) is 18.2 Å². The zero-order valence-corrected chi connectivity index (χ0v) is 13.8. The molecule has 0 fully saturated rings. The Balaban J connectivity index is 0. The molecule has 0 aromatic rings. The van der Waals surface area contributed by atoms with Gasteiger partial charge in [-0.2, -0.15) is 15.8 Å². The molecule has 0 saturated heterocycles. The largest absolute Gasteiger partial charge is 1.00 e. The fourth-order valence-corrected chi connectivity index (χ4v) is 5.45. The summed E-state index contributed by atoms with van der Waals surface area (Å²) in [4.78, 5) is 0. The Morgan fingerprint density at radius 3 is 1.50 bits per heavy atom. The molecule has 0 bridgehead atoms. The summed E-state index contributed by atoms with van der Waals surface area (Å²) in [6, 6.07) is 6.52. The van der Waals surface area contributed by atoms with E-state index in [1.54, 1.807) is 7.11 Å². The summed E-state index contributed by atoms with van der Waals surface area (Å²) in [7, 11) is 0.306. The highest BCUT2D eigenvalue weighted by Gasteiger charge is 2.35. The van der Waals surface area contributed by atoms with Crippen LogP contribution in [0.1, 0.15) is 19.3 Å². The van der Waals surface area contributed by atoms with Gasteiger partial charge in [-0.05, 0) is 0 Å². The van der Waals surface area contributed by atoms with E-state index < -0.39 is 7.26 Å². The second-order valence-electron chi connectivity index (χ2n) is 3.95. The number of hydrogen-bond acceptors (Lipinski definition) is 4. The van der Waals surface area contributed by atoms with Gasteiger partial charge in [-0.25, -0.2) is 0 Å². The van der Waals surface area contributed by atoms with Crippen LogP contribution in [-0.4, -0.2) is 38.4 Å². The van der Waals surface area contributed by atoms with E-state index in [1.807, 2.05) is 0 Å². The third kappa shape index (κ3) is 8.65. The van der Waals surface area contributed by atoms with Crippen LogP contribution in [0.3, 0.4) is 0 Å². The molecular formula is C12H19IN3OP. The first-order valence-electron chi connectivity index (χ1n) is 5.69. The van der Waals surface area contributed by atoms with Crippen molar-refractivity contribution >= 4 is 7.26 Å². The molecule has 0 spiro atoms. The van der Waals surface area contributed by atoms with E-state index in [1.165, 1.54) is 0 Å². The van der Waals surface area contributed by atoms with Crippen LogP contribution in [0.2, 0.25) is 0 Å². The first-order chi connectivity index (χ1) is 8.24. The predicted molar refractivity (Wildman–Crippen MR) is 69.0 cm³/mol. The summed E-state index contributed by atoms with van der Waals surface area (Å²) in [5.74, 6) is 0. The van der Waals surface area contributed by atoms with Crippen LogP contribution in [0.5, 0.6) is 0 Å². The third-order valence-electron chi connectivity index (χ3n) is 2.86. The molecule has 6 heteroatoms. The minimum Gasteiger partial charge on any atom is -1.00 e. The molecule has 0 amide bonds. The SMILES string of the molecule is COCC[P+](CCC#N)(CCC#N)CCC#N.[I-]. The molecule has 0 atom stereocenters. The zero-order valence-electron chi connectivity index (χ0n) is 10.7. The number of hydrogen-bond donors (Lipinski definition) is 0. The molecule has 0 aliphatic rings. The molecule has 0 saturated carbocycles. The van der Waals surface area contributed by atoms with Crippen LogP contribution in [0, 0.1) is 34.0 Å². The fraction of sp³-hybridized carbons (Fsp3) is 0.750. The van der Waals surface area contributed by atoms with Gasteiger partial charge in [0.05, 0.1) is 68.7 Å². The lowest BCUT2D eigenvalue weighted by molar-refractivity contribution is -0.00000487. The summed E-state index contributed by atoms with van der Waals surface area (Å²) in [6.45, 7) is 0.663. The number of methoxy groups -OCH3 is 1. The minimum absolute atomic E-state index is 0. The number of ether oxygens (including phenoxy) is 1. The molecule has 18 heavy (non-hydrogen) atoms. The number of rotatable bonds is 9. The lowest BCUT2D eigenvalue weighted by atomic mass is 10.5. The first kappa shape index (κ1) is 19.9. The van der Waals surface area contributed by atoms with Gasteiger partial charge in [-0.1, -0.05) is 0 Å². The highest BCUT2D eigenvalue weighted by atomic mass is 127. The number of halogens is 1. The van der Waals surface area contributed by atoms with Gasteiger partial charge in [-0.3, -0.25) is 0 Å². The van der Waals surface area contributed by atoms with E-state index in [0.717, 1.165) is 24.6 Å². The van der Waals surface area contributed by atoms with Crippen molar-refractivity contribution in [3.8, 4) is 18.2 Å². The van der Waals surface area contributed by atoms with Crippen molar-refractivity contribution in [1.29, 1.82) is 15.8 Å². The Morgan fingerprint density at radius 1 is 0.833 bits per heavy atom. The summed E-state index contributed by atoms with van der Waals surface area (Å²) in [6.07, 6.45) is 5.06. The Hall–Kier alpha value is -0.410. The van der Waals surface area contributed by atoms with Crippen molar-refractivity contribution in [2.24, 2.45) is 0 Å². The van der Waals surface area contributed by atoms with Crippen molar-refractivity contribution in [2.45, 2.75) is 19.3 Å². The van der Waals surface area contributed by atoms with Gasteiger partial charge >= 0.3 is 0 Å². The normalized spacial score (nSPS) is 9.67. The van der Waals surface area contributed by atoms with Crippen molar-refractivity contribution in [3.05, 3.63) is 0 Å². The van der Waals surface area contributed by atoms with Crippen molar-refractivity contribution in [3.63, 3.8) is 0 Å². The fourth-order valence-electron chi connectivity index (χ4n) is 1.82. The Labute approximate surface area is 127 Å². The van der Waals surface area contributed by atoms with Crippen LogP contribution < -0.4 is 24.0 Å². The van der Waals surface area contributed by atoms with Gasteiger partial charge in [0.1, 0.15) is 0 Å². The van der Waals surface area contributed by atoms with E-state index in [4.69, 9.17) is 20.5 Å². The Kier molecular flexibility index (Phi) is 14.4. The molecular weight excluding hydrogens is 360 g/mol. The Bertz CT molecular complexity index is 284. The van der Waals surface area contributed by atoms with Gasteiger partial charge in [0, 0.05) is 14.4 Å².